The predicted octanol–water partition coefficient (Wildman–Crippen LogP) is 4.79. The Hall–Kier alpha value is -3.22. The lowest BCUT2D eigenvalue weighted by Gasteiger charge is -2.21. The van der Waals surface area contributed by atoms with Crippen molar-refractivity contribution in [2.75, 3.05) is 11.9 Å². The molecule has 1 atom stereocenters. The summed E-state index contributed by atoms with van der Waals surface area (Å²) in [6, 6.07) is 12.5. The number of nitro benzene ring substituents is 1. The number of nitro groups is 1. The highest BCUT2D eigenvalue weighted by Crippen LogP contribution is 2.28. The zero-order valence-corrected chi connectivity index (χ0v) is 17.0. The van der Waals surface area contributed by atoms with E-state index in [0.29, 0.717) is 23.4 Å². The normalized spacial score (nSPS) is 11.9. The van der Waals surface area contributed by atoms with E-state index in [1.807, 2.05) is 27.7 Å². The zero-order chi connectivity index (χ0) is 21.6. The Morgan fingerprint density at radius 3 is 2.07 bits per heavy atom. The minimum absolute atomic E-state index is 0.0123. The lowest BCUT2D eigenvalue weighted by atomic mass is 9.87. The van der Waals surface area contributed by atoms with Crippen molar-refractivity contribution in [2.24, 2.45) is 11.8 Å². The molecule has 0 heterocycles. The Kier molecular flexibility index (Phi) is 7.47. The van der Waals surface area contributed by atoms with Gasteiger partial charge in [0.25, 0.3) is 5.69 Å². The van der Waals surface area contributed by atoms with Gasteiger partial charge in [-0.15, -0.1) is 0 Å². The van der Waals surface area contributed by atoms with E-state index in [9.17, 15) is 19.7 Å². The molecule has 29 heavy (non-hydrogen) atoms. The number of hydrogen-bond donors (Lipinski definition) is 1. The molecule has 0 fully saturated rings. The lowest BCUT2D eigenvalue weighted by Crippen LogP contribution is -2.25. The highest BCUT2D eigenvalue weighted by molar-refractivity contribution is 5.97. The van der Waals surface area contributed by atoms with Gasteiger partial charge in [-0.25, -0.2) is 4.79 Å². The first-order valence-corrected chi connectivity index (χ1v) is 9.51. The van der Waals surface area contributed by atoms with E-state index in [4.69, 9.17) is 4.74 Å². The summed E-state index contributed by atoms with van der Waals surface area (Å²) >= 11 is 0. The second-order valence-corrected chi connectivity index (χ2v) is 7.63. The number of non-ortho nitro benzene ring substituents is 1. The molecule has 1 unspecified atom stereocenters. The van der Waals surface area contributed by atoms with Gasteiger partial charge in [0.05, 0.1) is 23.0 Å². The summed E-state index contributed by atoms with van der Waals surface area (Å²) in [5.41, 5.74) is 1.66. The van der Waals surface area contributed by atoms with Gasteiger partial charge in [0.15, 0.2) is 0 Å². The van der Waals surface area contributed by atoms with Gasteiger partial charge in [-0.05, 0) is 41.7 Å². The molecule has 0 aliphatic rings. The molecule has 2 aromatic rings. The Morgan fingerprint density at radius 1 is 1.00 bits per heavy atom. The van der Waals surface area contributed by atoms with Crippen molar-refractivity contribution in [3.8, 4) is 0 Å². The van der Waals surface area contributed by atoms with Crippen LogP contribution in [0.3, 0.4) is 0 Å². The van der Waals surface area contributed by atoms with Crippen molar-refractivity contribution in [2.45, 2.75) is 33.6 Å². The fourth-order valence-electron chi connectivity index (χ4n) is 2.88. The lowest BCUT2D eigenvalue weighted by molar-refractivity contribution is -0.384. The molecule has 154 valence electrons. The number of carbonyl (C=O) groups excluding carboxylic acids is 2. The fourth-order valence-corrected chi connectivity index (χ4v) is 2.88. The van der Waals surface area contributed by atoms with Crippen molar-refractivity contribution >= 4 is 23.3 Å². The zero-order valence-electron chi connectivity index (χ0n) is 17.0. The molecular weight excluding hydrogens is 372 g/mol. The molecule has 0 bridgehead atoms. The highest BCUT2D eigenvalue weighted by atomic mass is 16.6. The standard InChI is InChI=1S/C22H26N2O5/c1-14(2)13-29-22(26)17-5-9-18(10-6-17)23-21(25)20(15(3)4)16-7-11-19(12-8-16)24(27)28/h5-12,14-15,20H,13H2,1-4H3,(H,23,25). The second-order valence-electron chi connectivity index (χ2n) is 7.63. The first kappa shape index (κ1) is 22.1. The minimum atomic E-state index is -0.470. The molecule has 2 rings (SSSR count). The molecule has 0 aliphatic heterocycles. The van der Waals surface area contributed by atoms with Gasteiger partial charge in [0, 0.05) is 17.8 Å². The summed E-state index contributed by atoms with van der Waals surface area (Å²) in [5.74, 6) is -0.843. The molecule has 0 aliphatic carbocycles. The van der Waals surface area contributed by atoms with E-state index < -0.39 is 16.8 Å². The van der Waals surface area contributed by atoms with Gasteiger partial charge in [-0.3, -0.25) is 14.9 Å². The van der Waals surface area contributed by atoms with Crippen LogP contribution in [0.25, 0.3) is 0 Å². The maximum Gasteiger partial charge on any atom is 0.338 e. The van der Waals surface area contributed by atoms with Gasteiger partial charge in [-0.2, -0.15) is 0 Å². The molecule has 1 N–H and O–H groups in total. The third-order valence-electron chi connectivity index (χ3n) is 4.35. The van der Waals surface area contributed by atoms with Crippen LogP contribution < -0.4 is 5.32 Å². The number of carbonyl (C=O) groups is 2. The summed E-state index contributed by atoms with van der Waals surface area (Å²) in [5, 5.41) is 13.7. The third-order valence-corrected chi connectivity index (χ3v) is 4.35. The molecule has 0 aromatic heterocycles. The predicted molar refractivity (Wildman–Crippen MR) is 111 cm³/mol. The average Bonchev–Trinajstić information content (AvgIpc) is 2.67. The SMILES string of the molecule is CC(C)COC(=O)c1ccc(NC(=O)C(c2ccc([N+](=O)[O-])cc2)C(C)C)cc1. The van der Waals surface area contributed by atoms with Crippen LogP contribution in [0.5, 0.6) is 0 Å². The number of hydrogen-bond acceptors (Lipinski definition) is 5. The van der Waals surface area contributed by atoms with E-state index in [-0.39, 0.29) is 23.4 Å². The van der Waals surface area contributed by atoms with Crippen molar-refractivity contribution in [1.29, 1.82) is 0 Å². The topological polar surface area (TPSA) is 98.5 Å². The van der Waals surface area contributed by atoms with Crippen LogP contribution in [0, 0.1) is 22.0 Å². The van der Waals surface area contributed by atoms with Gasteiger partial charge >= 0.3 is 5.97 Å². The Morgan fingerprint density at radius 2 is 1.59 bits per heavy atom. The molecule has 2 aromatic carbocycles. The summed E-state index contributed by atoms with van der Waals surface area (Å²) in [6.07, 6.45) is 0. The summed E-state index contributed by atoms with van der Waals surface area (Å²) < 4.78 is 5.19. The van der Waals surface area contributed by atoms with Crippen molar-refractivity contribution < 1.29 is 19.2 Å². The van der Waals surface area contributed by atoms with Gasteiger partial charge < -0.3 is 10.1 Å². The minimum Gasteiger partial charge on any atom is -0.462 e. The number of nitrogens with one attached hydrogen (secondary N) is 1. The summed E-state index contributed by atoms with van der Waals surface area (Å²) in [6.45, 7) is 8.10. The maximum absolute atomic E-state index is 12.8. The number of nitrogens with zero attached hydrogens (tertiary/aromatic N) is 1. The first-order chi connectivity index (χ1) is 13.7. The quantitative estimate of drug-likeness (QED) is 0.392. The van der Waals surface area contributed by atoms with Crippen LogP contribution in [0.4, 0.5) is 11.4 Å². The van der Waals surface area contributed by atoms with Crippen molar-refractivity contribution in [3.63, 3.8) is 0 Å². The maximum atomic E-state index is 12.8. The van der Waals surface area contributed by atoms with Crippen molar-refractivity contribution in [3.05, 3.63) is 69.8 Å². The monoisotopic (exact) mass is 398 g/mol. The van der Waals surface area contributed by atoms with Gasteiger partial charge in [-0.1, -0.05) is 39.8 Å². The number of amides is 1. The number of esters is 1. The molecule has 0 radical (unpaired) electrons. The molecule has 7 heteroatoms. The Balaban J connectivity index is 2.09. The largest absolute Gasteiger partial charge is 0.462 e. The van der Waals surface area contributed by atoms with E-state index >= 15 is 0 Å². The number of ether oxygens (including phenoxy) is 1. The van der Waals surface area contributed by atoms with E-state index in [1.54, 1.807) is 36.4 Å². The second kappa shape index (κ2) is 9.82. The van der Waals surface area contributed by atoms with E-state index in [0.717, 1.165) is 0 Å². The Labute approximate surface area is 170 Å². The van der Waals surface area contributed by atoms with Gasteiger partial charge in [0.2, 0.25) is 5.91 Å². The number of benzene rings is 2. The molecule has 1 amide bonds. The van der Waals surface area contributed by atoms with E-state index in [2.05, 4.69) is 5.32 Å². The fraction of sp³-hybridized carbons (Fsp3) is 0.364. The van der Waals surface area contributed by atoms with Crippen LogP contribution >= 0.6 is 0 Å². The Bertz CT molecular complexity index is 858. The van der Waals surface area contributed by atoms with Crippen LogP contribution in [-0.4, -0.2) is 23.4 Å². The van der Waals surface area contributed by atoms with Gasteiger partial charge in [0.1, 0.15) is 0 Å². The number of rotatable bonds is 8. The van der Waals surface area contributed by atoms with Crippen molar-refractivity contribution in [1.82, 2.24) is 0 Å². The van der Waals surface area contributed by atoms with Crippen LogP contribution in [0.2, 0.25) is 0 Å². The van der Waals surface area contributed by atoms with Crippen LogP contribution in [0.15, 0.2) is 48.5 Å². The van der Waals surface area contributed by atoms with Crippen LogP contribution in [-0.2, 0) is 9.53 Å². The summed E-state index contributed by atoms with van der Waals surface area (Å²) in [7, 11) is 0. The molecule has 0 saturated carbocycles. The smallest absolute Gasteiger partial charge is 0.338 e. The van der Waals surface area contributed by atoms with E-state index in [1.165, 1.54) is 12.1 Å². The molecule has 0 saturated heterocycles. The summed E-state index contributed by atoms with van der Waals surface area (Å²) in [4.78, 5) is 35.2. The third kappa shape index (κ3) is 6.14. The average molecular weight is 398 g/mol. The highest BCUT2D eigenvalue weighted by Gasteiger charge is 2.25. The molecule has 7 nitrogen and oxygen atoms in total. The molecular formula is C22H26N2O5. The van der Waals surface area contributed by atoms with Crippen LogP contribution in [0.1, 0.15) is 49.5 Å². The molecule has 0 spiro atoms. The first-order valence-electron chi connectivity index (χ1n) is 9.51. The number of anilines is 1.